The summed E-state index contributed by atoms with van der Waals surface area (Å²) in [6.45, 7) is 2.55. The maximum Gasteiger partial charge on any atom is 0.262 e. The predicted molar refractivity (Wildman–Crippen MR) is 104 cm³/mol. The molecule has 0 N–H and O–H groups in total. The zero-order valence-corrected chi connectivity index (χ0v) is 15.4. The maximum absolute atomic E-state index is 12.7. The van der Waals surface area contributed by atoms with Crippen LogP contribution in [-0.2, 0) is 19.4 Å². The molecule has 4 nitrogen and oxygen atoms in total. The topological polar surface area (TPSA) is 47.8 Å². The minimum Gasteiger partial charge on any atom is -0.293 e. The van der Waals surface area contributed by atoms with E-state index in [-0.39, 0.29) is 5.56 Å². The van der Waals surface area contributed by atoms with Crippen LogP contribution in [0.1, 0.15) is 28.1 Å². The highest BCUT2D eigenvalue weighted by Gasteiger charge is 2.10. The quantitative estimate of drug-likeness (QED) is 0.533. The van der Waals surface area contributed by atoms with E-state index in [4.69, 9.17) is 0 Å². The van der Waals surface area contributed by atoms with Gasteiger partial charge >= 0.3 is 0 Å². The minimum absolute atomic E-state index is 0.0126. The van der Waals surface area contributed by atoms with Crippen molar-refractivity contribution in [2.45, 2.75) is 26.3 Å². The Kier molecular flexibility index (Phi) is 4.46. The van der Waals surface area contributed by atoms with Gasteiger partial charge in [-0.3, -0.25) is 9.36 Å². The van der Waals surface area contributed by atoms with Gasteiger partial charge in [-0.2, -0.15) is 0 Å². The molecule has 0 saturated heterocycles. The van der Waals surface area contributed by atoms with Crippen LogP contribution in [0.3, 0.4) is 0 Å². The zero-order chi connectivity index (χ0) is 17.2. The van der Waals surface area contributed by atoms with Crippen LogP contribution in [0.4, 0.5) is 0 Å². The van der Waals surface area contributed by atoms with Crippen molar-refractivity contribution in [2.24, 2.45) is 0 Å². The molecule has 0 bridgehead atoms. The molecule has 3 aromatic heterocycles. The Morgan fingerprint density at radius 2 is 2.04 bits per heavy atom. The van der Waals surface area contributed by atoms with Gasteiger partial charge in [-0.05, 0) is 18.1 Å². The normalized spacial score (nSPS) is 11.2. The summed E-state index contributed by atoms with van der Waals surface area (Å²) >= 11 is 3.23. The van der Waals surface area contributed by atoms with Gasteiger partial charge in [0, 0.05) is 16.7 Å². The van der Waals surface area contributed by atoms with Gasteiger partial charge < -0.3 is 0 Å². The lowest BCUT2D eigenvalue weighted by atomic mass is 10.2. The molecule has 0 unspecified atom stereocenters. The molecule has 1 aromatic carbocycles. The number of thiazole rings is 1. The summed E-state index contributed by atoms with van der Waals surface area (Å²) in [7, 11) is 0. The molecule has 0 aliphatic carbocycles. The third-order valence-electron chi connectivity index (χ3n) is 4.05. The summed E-state index contributed by atoms with van der Waals surface area (Å²) in [5.41, 5.74) is 2.16. The van der Waals surface area contributed by atoms with Crippen LogP contribution >= 0.6 is 22.7 Å². The molecule has 0 radical (unpaired) electrons. The lowest BCUT2D eigenvalue weighted by Crippen LogP contribution is -2.20. The highest BCUT2D eigenvalue weighted by molar-refractivity contribution is 7.18. The molecule has 3 heterocycles. The van der Waals surface area contributed by atoms with Crippen LogP contribution in [0.5, 0.6) is 0 Å². The number of rotatable bonds is 5. The number of fused-ring (bicyclic) bond motifs is 1. The molecule has 126 valence electrons. The van der Waals surface area contributed by atoms with E-state index in [1.807, 2.05) is 29.6 Å². The van der Waals surface area contributed by atoms with Crippen LogP contribution in [-0.4, -0.2) is 14.5 Å². The smallest absolute Gasteiger partial charge is 0.262 e. The Morgan fingerprint density at radius 3 is 2.84 bits per heavy atom. The number of aromatic nitrogens is 3. The van der Waals surface area contributed by atoms with Crippen LogP contribution in [0, 0.1) is 0 Å². The number of hydrogen-bond donors (Lipinski definition) is 0. The van der Waals surface area contributed by atoms with Gasteiger partial charge in [-0.15, -0.1) is 22.7 Å². The molecule has 6 heteroatoms. The molecule has 0 spiro atoms. The Balaban J connectivity index is 1.57. The minimum atomic E-state index is 0.0126. The summed E-state index contributed by atoms with van der Waals surface area (Å²) in [6.07, 6.45) is 3.38. The predicted octanol–water partition coefficient (Wildman–Crippen LogP) is 4.12. The van der Waals surface area contributed by atoms with Gasteiger partial charge in [-0.25, -0.2) is 9.97 Å². The average Bonchev–Trinajstić information content (AvgIpc) is 3.25. The van der Waals surface area contributed by atoms with Crippen LogP contribution in [0.2, 0.25) is 0 Å². The van der Waals surface area contributed by atoms with Gasteiger partial charge in [0.05, 0.1) is 29.0 Å². The van der Waals surface area contributed by atoms with Gasteiger partial charge in [0.2, 0.25) is 0 Å². The fraction of sp³-hybridized carbons (Fsp3) is 0.211. The number of benzene rings is 1. The Labute approximate surface area is 153 Å². The highest BCUT2D eigenvalue weighted by Crippen LogP contribution is 2.21. The van der Waals surface area contributed by atoms with Crippen LogP contribution in [0.25, 0.3) is 10.2 Å². The first-order chi connectivity index (χ1) is 12.2. The van der Waals surface area contributed by atoms with Gasteiger partial charge in [0.15, 0.2) is 0 Å². The standard InChI is InChI=1S/C19H17N3OS2/c1-2-15-9-16-18(25-15)20-12-22(19(16)23)10-14-11-24-17(21-14)8-13-6-4-3-5-7-13/h3-7,9,11-12H,2,8,10H2,1H3. The monoisotopic (exact) mass is 367 g/mol. The molecule has 0 fully saturated rings. The van der Waals surface area contributed by atoms with E-state index in [2.05, 4.69) is 29.0 Å². The van der Waals surface area contributed by atoms with Gasteiger partial charge in [0.1, 0.15) is 4.83 Å². The summed E-state index contributed by atoms with van der Waals surface area (Å²) in [4.78, 5) is 23.8. The number of thiophene rings is 1. The second kappa shape index (κ2) is 6.90. The molecular formula is C19H17N3OS2. The highest BCUT2D eigenvalue weighted by atomic mass is 32.1. The maximum atomic E-state index is 12.7. The molecule has 0 aliphatic rings. The first kappa shape index (κ1) is 16.2. The summed E-state index contributed by atoms with van der Waals surface area (Å²) in [5, 5.41) is 3.80. The van der Waals surface area contributed by atoms with E-state index in [9.17, 15) is 4.79 Å². The zero-order valence-electron chi connectivity index (χ0n) is 13.8. The Hall–Kier alpha value is -2.31. The second-order valence-corrected chi connectivity index (χ2v) is 7.92. The van der Waals surface area contributed by atoms with E-state index in [0.717, 1.165) is 28.4 Å². The molecule has 0 atom stereocenters. The first-order valence-electron chi connectivity index (χ1n) is 8.18. The van der Waals surface area contributed by atoms with Gasteiger partial charge in [0.25, 0.3) is 5.56 Å². The molecule has 4 rings (SSSR count). The van der Waals surface area contributed by atoms with Crippen molar-refractivity contribution in [2.75, 3.05) is 0 Å². The van der Waals surface area contributed by atoms with Gasteiger partial charge in [-0.1, -0.05) is 37.3 Å². The average molecular weight is 367 g/mol. The number of hydrogen-bond acceptors (Lipinski definition) is 5. The van der Waals surface area contributed by atoms with Crippen molar-refractivity contribution in [1.82, 2.24) is 14.5 Å². The summed E-state index contributed by atoms with van der Waals surface area (Å²) < 4.78 is 1.65. The largest absolute Gasteiger partial charge is 0.293 e. The molecule has 0 amide bonds. The molecule has 25 heavy (non-hydrogen) atoms. The number of aryl methyl sites for hydroxylation is 1. The van der Waals surface area contributed by atoms with Crippen molar-refractivity contribution in [1.29, 1.82) is 0 Å². The molecule has 4 aromatic rings. The fourth-order valence-electron chi connectivity index (χ4n) is 2.74. The van der Waals surface area contributed by atoms with E-state index in [0.29, 0.717) is 11.9 Å². The lowest BCUT2D eigenvalue weighted by molar-refractivity contribution is 0.732. The molecular weight excluding hydrogens is 350 g/mol. The van der Waals surface area contributed by atoms with Crippen molar-refractivity contribution in [3.8, 4) is 0 Å². The van der Waals surface area contributed by atoms with Crippen molar-refractivity contribution in [3.63, 3.8) is 0 Å². The van der Waals surface area contributed by atoms with E-state index >= 15 is 0 Å². The van der Waals surface area contributed by atoms with Crippen molar-refractivity contribution in [3.05, 3.63) is 79.6 Å². The van der Waals surface area contributed by atoms with E-state index in [1.165, 1.54) is 10.4 Å². The van der Waals surface area contributed by atoms with E-state index in [1.54, 1.807) is 33.6 Å². The molecule has 0 saturated carbocycles. The van der Waals surface area contributed by atoms with Crippen molar-refractivity contribution >= 4 is 32.9 Å². The third kappa shape index (κ3) is 3.41. The summed E-state index contributed by atoms with van der Waals surface area (Å²) in [6, 6.07) is 12.3. The summed E-state index contributed by atoms with van der Waals surface area (Å²) in [5.74, 6) is 0. The lowest BCUT2D eigenvalue weighted by Gasteiger charge is -2.02. The first-order valence-corrected chi connectivity index (χ1v) is 9.87. The third-order valence-corrected chi connectivity index (χ3v) is 6.13. The SMILES string of the molecule is CCc1cc2c(=O)n(Cc3csc(Cc4ccccc4)n3)cnc2s1. The van der Waals surface area contributed by atoms with Crippen LogP contribution < -0.4 is 5.56 Å². The van der Waals surface area contributed by atoms with E-state index < -0.39 is 0 Å². The van der Waals surface area contributed by atoms with Crippen LogP contribution in [0.15, 0.2) is 52.9 Å². The van der Waals surface area contributed by atoms with Crippen molar-refractivity contribution < 1.29 is 0 Å². The Bertz CT molecular complexity index is 1060. The fourth-order valence-corrected chi connectivity index (χ4v) is 4.49. The molecule has 0 aliphatic heterocycles. The Morgan fingerprint density at radius 1 is 1.20 bits per heavy atom. The second-order valence-electron chi connectivity index (χ2n) is 5.86. The number of nitrogens with zero attached hydrogens (tertiary/aromatic N) is 3.